The van der Waals surface area contributed by atoms with Crippen molar-refractivity contribution >= 4 is 51.2 Å². The van der Waals surface area contributed by atoms with Gasteiger partial charge in [0.05, 0.1) is 14.6 Å². The first-order chi connectivity index (χ1) is 11.4. The van der Waals surface area contributed by atoms with E-state index in [0.717, 1.165) is 14.5 Å². The number of carbonyl (C=O) groups is 1. The van der Waals surface area contributed by atoms with E-state index in [2.05, 4.69) is 38.8 Å². The maximum atomic E-state index is 12.5. The summed E-state index contributed by atoms with van der Waals surface area (Å²) in [6.45, 7) is 3.75. The molecular formula is C18H19IN2O2S. The van der Waals surface area contributed by atoms with Gasteiger partial charge in [0.1, 0.15) is 0 Å². The lowest BCUT2D eigenvalue weighted by Crippen LogP contribution is -2.49. The number of fused-ring (bicyclic) bond motifs is 1. The van der Waals surface area contributed by atoms with E-state index in [9.17, 15) is 4.79 Å². The fourth-order valence-corrected chi connectivity index (χ4v) is 3.07. The number of pyridine rings is 1. The summed E-state index contributed by atoms with van der Waals surface area (Å²) in [5, 5.41) is 3.90. The third-order valence-corrected chi connectivity index (χ3v) is 5.23. The zero-order chi connectivity index (χ0) is 17.7. The van der Waals surface area contributed by atoms with Crippen molar-refractivity contribution < 1.29 is 9.53 Å². The number of halogens is 1. The molecule has 2 rings (SSSR count). The lowest BCUT2D eigenvalue weighted by atomic mass is 10.0. The van der Waals surface area contributed by atoms with Crippen LogP contribution in [-0.2, 0) is 4.79 Å². The molecule has 2 aromatic rings. The van der Waals surface area contributed by atoms with Gasteiger partial charge in [-0.05, 0) is 54.3 Å². The van der Waals surface area contributed by atoms with Crippen LogP contribution in [0.5, 0.6) is 5.88 Å². The van der Waals surface area contributed by atoms with E-state index in [0.29, 0.717) is 12.3 Å². The van der Waals surface area contributed by atoms with Crippen LogP contribution in [0.4, 0.5) is 0 Å². The Balaban J connectivity index is 2.23. The molecule has 0 bridgehead atoms. The first kappa shape index (κ1) is 18.9. The van der Waals surface area contributed by atoms with Crippen LogP contribution in [0.3, 0.4) is 0 Å². The van der Waals surface area contributed by atoms with Gasteiger partial charge in [0, 0.05) is 5.39 Å². The topological polar surface area (TPSA) is 51.2 Å². The average molecular weight is 454 g/mol. The molecule has 126 valence electrons. The summed E-state index contributed by atoms with van der Waals surface area (Å²) < 4.78 is 6.72. The molecule has 1 heterocycles. The number of thioether (sulfide) groups is 1. The Morgan fingerprint density at radius 2 is 2.25 bits per heavy atom. The number of ether oxygens (including phenoxy) is 1. The van der Waals surface area contributed by atoms with Crippen LogP contribution in [-0.4, -0.2) is 28.1 Å². The zero-order valence-corrected chi connectivity index (χ0v) is 16.8. The van der Waals surface area contributed by atoms with Crippen molar-refractivity contribution in [2.75, 3.05) is 6.26 Å². The predicted molar refractivity (Wildman–Crippen MR) is 108 cm³/mol. The first-order valence-electron chi connectivity index (χ1n) is 7.47. The van der Waals surface area contributed by atoms with Crippen molar-refractivity contribution in [1.29, 1.82) is 0 Å². The van der Waals surface area contributed by atoms with E-state index >= 15 is 0 Å². The fourth-order valence-electron chi connectivity index (χ4n) is 2.02. The van der Waals surface area contributed by atoms with Crippen molar-refractivity contribution in [3.63, 3.8) is 0 Å². The summed E-state index contributed by atoms with van der Waals surface area (Å²) in [4.78, 5) is 17.0. The van der Waals surface area contributed by atoms with E-state index in [1.54, 1.807) is 0 Å². The van der Waals surface area contributed by atoms with Gasteiger partial charge in [-0.2, -0.15) is 0 Å². The second-order valence-electron chi connectivity index (χ2n) is 5.47. The van der Waals surface area contributed by atoms with E-state index in [1.807, 2.05) is 50.4 Å². The Morgan fingerprint density at radius 3 is 2.88 bits per heavy atom. The second kappa shape index (κ2) is 8.08. The highest BCUT2D eigenvalue weighted by atomic mass is 127. The molecule has 2 atom stereocenters. The molecular weight excluding hydrogens is 435 g/mol. The molecule has 0 aliphatic heterocycles. The van der Waals surface area contributed by atoms with Crippen LogP contribution in [0.15, 0.2) is 30.3 Å². The molecule has 24 heavy (non-hydrogen) atoms. The van der Waals surface area contributed by atoms with Gasteiger partial charge in [0.2, 0.25) is 11.3 Å². The second-order valence-corrected chi connectivity index (χ2v) is 7.53. The molecule has 0 aliphatic carbocycles. The highest BCUT2D eigenvalue weighted by Crippen LogP contribution is 2.26. The maximum absolute atomic E-state index is 12.5. The normalized spacial score (nSPS) is 14.5. The smallest absolute Gasteiger partial charge is 0.272 e. The van der Waals surface area contributed by atoms with E-state index in [-0.39, 0.29) is 5.91 Å². The third kappa shape index (κ3) is 4.33. The fraction of sp³-hybridized carbons (Fsp3) is 0.333. The average Bonchev–Trinajstić information content (AvgIpc) is 2.59. The number of benzene rings is 1. The summed E-state index contributed by atoms with van der Waals surface area (Å²) >= 11 is 3.47. The molecule has 1 N–H and O–H groups in total. The zero-order valence-electron chi connectivity index (χ0n) is 13.8. The predicted octanol–water partition coefficient (Wildman–Crippen LogP) is 3.83. The van der Waals surface area contributed by atoms with Gasteiger partial charge in [-0.3, -0.25) is 4.79 Å². The Bertz CT molecular complexity index is 790. The standard InChI is InChI=1S/C18H19IN2O2S/c1-5-18(3,6-2)21-15(22)17(24-4)23-16-13(19)11-12-9-7-8-10-14(12)20-16/h1,7-11,17H,6H2,2-4H3,(H,21,22). The summed E-state index contributed by atoms with van der Waals surface area (Å²) in [6, 6.07) is 9.78. The number of hydrogen-bond donors (Lipinski definition) is 1. The molecule has 0 spiro atoms. The number of para-hydroxylation sites is 1. The first-order valence-corrected chi connectivity index (χ1v) is 9.83. The summed E-state index contributed by atoms with van der Waals surface area (Å²) in [6.07, 6.45) is 7.98. The van der Waals surface area contributed by atoms with Gasteiger partial charge in [-0.1, -0.05) is 31.0 Å². The third-order valence-electron chi connectivity index (χ3n) is 3.72. The van der Waals surface area contributed by atoms with E-state index in [4.69, 9.17) is 11.2 Å². The number of aromatic nitrogens is 1. The van der Waals surface area contributed by atoms with Gasteiger partial charge in [0.15, 0.2) is 0 Å². The number of amides is 1. The molecule has 4 nitrogen and oxygen atoms in total. The molecule has 1 aromatic carbocycles. The van der Waals surface area contributed by atoms with Gasteiger partial charge in [-0.15, -0.1) is 18.2 Å². The van der Waals surface area contributed by atoms with Crippen LogP contribution in [0.1, 0.15) is 20.3 Å². The highest BCUT2D eigenvalue weighted by molar-refractivity contribution is 14.1. The molecule has 0 saturated carbocycles. The van der Waals surface area contributed by atoms with Crippen molar-refractivity contribution in [2.45, 2.75) is 31.2 Å². The van der Waals surface area contributed by atoms with Crippen LogP contribution in [0.2, 0.25) is 0 Å². The number of nitrogens with one attached hydrogen (secondary N) is 1. The molecule has 2 unspecified atom stereocenters. The number of hydrogen-bond acceptors (Lipinski definition) is 4. The van der Waals surface area contributed by atoms with E-state index < -0.39 is 11.0 Å². The molecule has 0 fully saturated rings. The van der Waals surface area contributed by atoms with Crippen LogP contribution in [0, 0.1) is 15.9 Å². The molecule has 0 saturated heterocycles. The molecule has 1 aromatic heterocycles. The van der Waals surface area contributed by atoms with Gasteiger partial charge in [-0.25, -0.2) is 4.98 Å². The molecule has 6 heteroatoms. The minimum Gasteiger partial charge on any atom is -0.452 e. The Labute approximate surface area is 160 Å². The Hall–Kier alpha value is -1.46. The molecule has 0 radical (unpaired) electrons. The van der Waals surface area contributed by atoms with Crippen LogP contribution >= 0.6 is 34.4 Å². The lowest BCUT2D eigenvalue weighted by molar-refractivity contribution is -0.125. The summed E-state index contributed by atoms with van der Waals surface area (Å²) in [5.41, 5.74) is -0.570. The van der Waals surface area contributed by atoms with Crippen LogP contribution in [0.25, 0.3) is 10.9 Å². The Kier molecular flexibility index (Phi) is 6.35. The van der Waals surface area contributed by atoms with Crippen LogP contribution < -0.4 is 10.1 Å². The summed E-state index contributed by atoms with van der Waals surface area (Å²) in [7, 11) is 0. The van der Waals surface area contributed by atoms with Gasteiger partial charge in [0.25, 0.3) is 5.91 Å². The van der Waals surface area contributed by atoms with Gasteiger partial charge >= 0.3 is 0 Å². The van der Waals surface area contributed by atoms with E-state index in [1.165, 1.54) is 11.8 Å². The lowest BCUT2D eigenvalue weighted by Gasteiger charge is -2.26. The van der Waals surface area contributed by atoms with Crippen molar-refractivity contribution in [3.05, 3.63) is 33.9 Å². The maximum Gasteiger partial charge on any atom is 0.272 e. The Morgan fingerprint density at radius 1 is 1.54 bits per heavy atom. The quantitative estimate of drug-likeness (QED) is 0.410. The molecule has 0 aliphatic rings. The largest absolute Gasteiger partial charge is 0.452 e. The highest BCUT2D eigenvalue weighted by Gasteiger charge is 2.28. The van der Waals surface area contributed by atoms with Crippen molar-refractivity contribution in [1.82, 2.24) is 10.3 Å². The number of carbonyl (C=O) groups excluding carboxylic acids is 1. The monoisotopic (exact) mass is 454 g/mol. The van der Waals surface area contributed by atoms with Crippen molar-refractivity contribution in [3.8, 4) is 18.2 Å². The minimum absolute atomic E-state index is 0.254. The number of terminal acetylenes is 1. The molecule has 1 amide bonds. The number of nitrogens with zero attached hydrogens (tertiary/aromatic N) is 1. The SMILES string of the molecule is C#CC(C)(CC)NC(=O)C(Oc1nc2ccccc2cc1I)SC. The number of rotatable bonds is 6. The minimum atomic E-state index is -0.716. The van der Waals surface area contributed by atoms with Gasteiger partial charge < -0.3 is 10.1 Å². The summed E-state index contributed by atoms with van der Waals surface area (Å²) in [5.74, 6) is 2.82. The van der Waals surface area contributed by atoms with Crippen molar-refractivity contribution in [2.24, 2.45) is 0 Å².